The zero-order valence-electron chi connectivity index (χ0n) is 11.8. The summed E-state index contributed by atoms with van der Waals surface area (Å²) in [7, 11) is 1.79. The lowest BCUT2D eigenvalue weighted by Crippen LogP contribution is -2.45. The quantitative estimate of drug-likeness (QED) is 0.638. The molecular formula is C13H26N4O2. The lowest BCUT2D eigenvalue weighted by atomic mass is 10.2. The molecule has 0 aromatic rings. The zero-order valence-corrected chi connectivity index (χ0v) is 11.8. The third kappa shape index (κ3) is 4.14. The number of nitrogens with zero attached hydrogens (tertiary/aromatic N) is 2. The minimum absolute atomic E-state index is 0.206. The number of rotatable bonds is 6. The van der Waals surface area contributed by atoms with E-state index >= 15 is 0 Å². The van der Waals surface area contributed by atoms with Crippen LogP contribution in [0.4, 0.5) is 0 Å². The minimum atomic E-state index is -0.258. The van der Waals surface area contributed by atoms with Gasteiger partial charge in [0.1, 0.15) is 0 Å². The molecule has 2 saturated heterocycles. The van der Waals surface area contributed by atoms with Gasteiger partial charge in [0.2, 0.25) is 5.91 Å². The molecule has 6 heteroatoms. The summed E-state index contributed by atoms with van der Waals surface area (Å²) >= 11 is 0. The molecule has 0 aliphatic carbocycles. The Morgan fingerprint density at radius 1 is 1.42 bits per heavy atom. The molecule has 2 fully saturated rings. The van der Waals surface area contributed by atoms with E-state index in [9.17, 15) is 4.79 Å². The number of hydrogen-bond donors (Lipinski definition) is 2. The van der Waals surface area contributed by atoms with Crippen molar-refractivity contribution < 1.29 is 9.53 Å². The van der Waals surface area contributed by atoms with E-state index in [0.29, 0.717) is 6.04 Å². The topological polar surface area (TPSA) is 70.8 Å². The van der Waals surface area contributed by atoms with Crippen molar-refractivity contribution in [3.05, 3.63) is 0 Å². The molecule has 0 aromatic carbocycles. The number of carbonyl (C=O) groups excluding carboxylic acids is 1. The second kappa shape index (κ2) is 7.19. The summed E-state index contributed by atoms with van der Waals surface area (Å²) in [4.78, 5) is 16.1. The van der Waals surface area contributed by atoms with Crippen molar-refractivity contribution in [1.29, 1.82) is 0 Å². The van der Waals surface area contributed by atoms with Gasteiger partial charge in [0.25, 0.3) is 0 Å². The molecule has 0 spiro atoms. The van der Waals surface area contributed by atoms with E-state index in [2.05, 4.69) is 15.1 Å². The number of ether oxygens (including phenoxy) is 1. The number of morpholine rings is 1. The summed E-state index contributed by atoms with van der Waals surface area (Å²) < 4.78 is 5.39. The number of nitrogens with two attached hydrogens (primary N) is 1. The number of carbonyl (C=O) groups is 1. The standard InChI is InChI=1S/C13H26N4O2/c1-15-12(13(14)18)3-5-16-4-2-11(10-16)17-6-8-19-9-7-17/h11-12,15H,2-10H2,1H3,(H2,14,18). The summed E-state index contributed by atoms with van der Waals surface area (Å²) in [5, 5.41) is 2.97. The SMILES string of the molecule is CNC(CCN1CCC(N2CCOCC2)C1)C(N)=O. The van der Waals surface area contributed by atoms with E-state index < -0.39 is 0 Å². The predicted octanol–water partition coefficient (Wildman–Crippen LogP) is -1.14. The maximum absolute atomic E-state index is 11.2. The predicted molar refractivity (Wildman–Crippen MR) is 73.9 cm³/mol. The molecule has 0 aromatic heterocycles. The average molecular weight is 270 g/mol. The van der Waals surface area contributed by atoms with Crippen LogP contribution >= 0.6 is 0 Å². The van der Waals surface area contributed by atoms with Crippen LogP contribution in [0.1, 0.15) is 12.8 Å². The molecule has 0 radical (unpaired) electrons. The van der Waals surface area contributed by atoms with Gasteiger partial charge in [0, 0.05) is 32.2 Å². The molecule has 1 amide bonds. The second-order valence-corrected chi connectivity index (χ2v) is 5.42. The van der Waals surface area contributed by atoms with Crippen LogP contribution in [0.5, 0.6) is 0 Å². The Bertz CT molecular complexity index is 294. The maximum Gasteiger partial charge on any atom is 0.234 e. The molecule has 2 rings (SSSR count). The van der Waals surface area contributed by atoms with Gasteiger partial charge in [0.05, 0.1) is 19.3 Å². The van der Waals surface area contributed by atoms with Crippen molar-refractivity contribution in [1.82, 2.24) is 15.1 Å². The Balaban J connectivity index is 1.71. The molecule has 2 unspecified atom stereocenters. The summed E-state index contributed by atoms with van der Waals surface area (Å²) in [5.74, 6) is -0.258. The lowest BCUT2D eigenvalue weighted by Gasteiger charge is -2.32. The molecule has 2 aliphatic rings. The van der Waals surface area contributed by atoms with Crippen LogP contribution < -0.4 is 11.1 Å². The highest BCUT2D eigenvalue weighted by Gasteiger charge is 2.28. The van der Waals surface area contributed by atoms with Crippen molar-refractivity contribution >= 4 is 5.91 Å². The van der Waals surface area contributed by atoms with Crippen molar-refractivity contribution in [3.63, 3.8) is 0 Å². The van der Waals surface area contributed by atoms with E-state index in [1.165, 1.54) is 6.42 Å². The summed E-state index contributed by atoms with van der Waals surface area (Å²) in [5.41, 5.74) is 5.33. The largest absolute Gasteiger partial charge is 0.379 e. The number of likely N-dealkylation sites (N-methyl/N-ethyl adjacent to an activating group) is 1. The summed E-state index contributed by atoms with van der Waals surface area (Å²) in [6.45, 7) is 7.00. The number of nitrogens with one attached hydrogen (secondary N) is 1. The Kier molecular flexibility index (Phi) is 5.57. The molecule has 2 aliphatic heterocycles. The van der Waals surface area contributed by atoms with Crippen molar-refractivity contribution in [2.24, 2.45) is 5.73 Å². The van der Waals surface area contributed by atoms with E-state index in [1.54, 1.807) is 7.05 Å². The molecule has 2 heterocycles. The molecule has 110 valence electrons. The highest BCUT2D eigenvalue weighted by molar-refractivity contribution is 5.79. The first-order valence-electron chi connectivity index (χ1n) is 7.21. The van der Waals surface area contributed by atoms with E-state index in [1.807, 2.05) is 0 Å². The highest BCUT2D eigenvalue weighted by Crippen LogP contribution is 2.17. The number of likely N-dealkylation sites (tertiary alicyclic amines) is 1. The van der Waals surface area contributed by atoms with Crippen LogP contribution in [-0.4, -0.2) is 80.8 Å². The maximum atomic E-state index is 11.2. The third-order valence-electron chi connectivity index (χ3n) is 4.24. The first-order valence-corrected chi connectivity index (χ1v) is 7.21. The molecule has 3 N–H and O–H groups in total. The van der Waals surface area contributed by atoms with Crippen LogP contribution in [-0.2, 0) is 9.53 Å². The smallest absolute Gasteiger partial charge is 0.234 e. The number of amides is 1. The first-order chi connectivity index (χ1) is 9.20. The van der Waals surface area contributed by atoms with Crippen LogP contribution in [0.25, 0.3) is 0 Å². The summed E-state index contributed by atoms with van der Waals surface area (Å²) in [6.07, 6.45) is 2.02. The van der Waals surface area contributed by atoms with Gasteiger partial charge >= 0.3 is 0 Å². The lowest BCUT2D eigenvalue weighted by molar-refractivity contribution is -0.120. The van der Waals surface area contributed by atoms with Crippen LogP contribution in [0, 0.1) is 0 Å². The fourth-order valence-corrected chi connectivity index (χ4v) is 3.00. The summed E-state index contributed by atoms with van der Waals surface area (Å²) in [6, 6.07) is 0.452. The van der Waals surface area contributed by atoms with Crippen LogP contribution in [0.15, 0.2) is 0 Å². The van der Waals surface area contributed by atoms with Gasteiger partial charge in [-0.15, -0.1) is 0 Å². The Labute approximate surface area is 115 Å². The van der Waals surface area contributed by atoms with Gasteiger partial charge in [-0.25, -0.2) is 0 Å². The Hall–Kier alpha value is -0.690. The molecule has 6 nitrogen and oxygen atoms in total. The minimum Gasteiger partial charge on any atom is -0.379 e. The van der Waals surface area contributed by atoms with E-state index in [0.717, 1.165) is 52.4 Å². The van der Waals surface area contributed by atoms with Gasteiger partial charge < -0.3 is 20.7 Å². The van der Waals surface area contributed by atoms with Crippen molar-refractivity contribution in [3.8, 4) is 0 Å². The first kappa shape index (κ1) is 14.7. The monoisotopic (exact) mass is 270 g/mol. The third-order valence-corrected chi connectivity index (χ3v) is 4.24. The molecule has 0 saturated carbocycles. The molecule has 19 heavy (non-hydrogen) atoms. The van der Waals surface area contributed by atoms with Crippen molar-refractivity contribution in [2.45, 2.75) is 24.9 Å². The van der Waals surface area contributed by atoms with Crippen LogP contribution in [0.3, 0.4) is 0 Å². The zero-order chi connectivity index (χ0) is 13.7. The molecule has 2 atom stereocenters. The van der Waals surface area contributed by atoms with E-state index in [-0.39, 0.29) is 11.9 Å². The molecular weight excluding hydrogens is 244 g/mol. The Morgan fingerprint density at radius 3 is 2.79 bits per heavy atom. The second-order valence-electron chi connectivity index (χ2n) is 5.42. The normalized spacial score (nSPS) is 27.5. The van der Waals surface area contributed by atoms with Gasteiger partial charge in [-0.2, -0.15) is 0 Å². The van der Waals surface area contributed by atoms with Gasteiger partial charge in [0.15, 0.2) is 0 Å². The van der Waals surface area contributed by atoms with Gasteiger partial charge in [-0.3, -0.25) is 9.69 Å². The highest BCUT2D eigenvalue weighted by atomic mass is 16.5. The van der Waals surface area contributed by atoms with Crippen molar-refractivity contribution in [2.75, 3.05) is 53.0 Å². The number of primary amides is 1. The van der Waals surface area contributed by atoms with Gasteiger partial charge in [-0.05, 0) is 26.4 Å². The number of hydrogen-bond acceptors (Lipinski definition) is 5. The van der Waals surface area contributed by atoms with Crippen LogP contribution in [0.2, 0.25) is 0 Å². The fraction of sp³-hybridized carbons (Fsp3) is 0.923. The van der Waals surface area contributed by atoms with Gasteiger partial charge in [-0.1, -0.05) is 0 Å². The molecule has 0 bridgehead atoms. The Morgan fingerprint density at radius 2 is 2.16 bits per heavy atom. The average Bonchev–Trinajstić information content (AvgIpc) is 2.89. The fourth-order valence-electron chi connectivity index (χ4n) is 3.00. The van der Waals surface area contributed by atoms with E-state index in [4.69, 9.17) is 10.5 Å².